The summed E-state index contributed by atoms with van der Waals surface area (Å²) < 4.78 is 5.41. The summed E-state index contributed by atoms with van der Waals surface area (Å²) in [6.07, 6.45) is 2.00. The van der Waals surface area contributed by atoms with Crippen LogP contribution in [0.15, 0.2) is 16.5 Å². The Labute approximate surface area is 88.8 Å². The Hall–Kier alpha value is -0.510. The molecule has 0 aromatic carbocycles. The van der Waals surface area contributed by atoms with Crippen LogP contribution in [0.2, 0.25) is 5.22 Å². The average Bonchev–Trinajstić information content (AvgIpc) is 2.56. The molecular formula is C10H15ClN2O. The van der Waals surface area contributed by atoms with Gasteiger partial charge >= 0.3 is 0 Å². The Morgan fingerprint density at radius 3 is 3.00 bits per heavy atom. The van der Waals surface area contributed by atoms with Gasteiger partial charge in [-0.05, 0) is 43.6 Å². The van der Waals surface area contributed by atoms with Crippen LogP contribution in [-0.4, -0.2) is 24.5 Å². The molecule has 14 heavy (non-hydrogen) atoms. The fourth-order valence-electron chi connectivity index (χ4n) is 1.95. The van der Waals surface area contributed by atoms with Gasteiger partial charge in [-0.1, -0.05) is 0 Å². The molecule has 1 aliphatic heterocycles. The van der Waals surface area contributed by atoms with Crippen molar-refractivity contribution in [1.82, 2.24) is 4.90 Å². The third-order valence-electron chi connectivity index (χ3n) is 2.83. The number of halogens is 1. The topological polar surface area (TPSA) is 42.4 Å². The van der Waals surface area contributed by atoms with Gasteiger partial charge in [-0.3, -0.25) is 4.90 Å². The van der Waals surface area contributed by atoms with Crippen LogP contribution in [0, 0.1) is 0 Å². The average molecular weight is 215 g/mol. The molecule has 1 fully saturated rings. The van der Waals surface area contributed by atoms with Gasteiger partial charge in [0.2, 0.25) is 0 Å². The van der Waals surface area contributed by atoms with Gasteiger partial charge < -0.3 is 10.2 Å². The van der Waals surface area contributed by atoms with E-state index in [-0.39, 0.29) is 12.1 Å². The van der Waals surface area contributed by atoms with Gasteiger partial charge in [0.25, 0.3) is 0 Å². The van der Waals surface area contributed by atoms with Crippen molar-refractivity contribution in [3.8, 4) is 0 Å². The van der Waals surface area contributed by atoms with Crippen LogP contribution in [0.1, 0.15) is 24.6 Å². The zero-order valence-corrected chi connectivity index (χ0v) is 9.00. The van der Waals surface area contributed by atoms with Gasteiger partial charge in [0, 0.05) is 12.6 Å². The number of furan rings is 1. The number of likely N-dealkylation sites (tertiary alicyclic amines) is 1. The number of hydrogen-bond acceptors (Lipinski definition) is 3. The van der Waals surface area contributed by atoms with Gasteiger partial charge in [0.05, 0.1) is 6.04 Å². The van der Waals surface area contributed by atoms with Crippen molar-refractivity contribution in [2.24, 2.45) is 5.73 Å². The number of piperidine rings is 1. The lowest BCUT2D eigenvalue weighted by molar-refractivity contribution is 0.150. The molecular weight excluding hydrogens is 200 g/mol. The van der Waals surface area contributed by atoms with Gasteiger partial charge in [0.1, 0.15) is 5.76 Å². The van der Waals surface area contributed by atoms with E-state index in [0.29, 0.717) is 5.22 Å². The SMILES string of the molecule is CN1CCC(N)CC1c1ccc(Cl)o1. The van der Waals surface area contributed by atoms with Crippen molar-refractivity contribution >= 4 is 11.6 Å². The molecule has 0 aliphatic carbocycles. The minimum Gasteiger partial charge on any atom is -0.448 e. The molecule has 78 valence electrons. The second-order valence-corrected chi connectivity index (χ2v) is 4.30. The molecule has 0 bridgehead atoms. The van der Waals surface area contributed by atoms with Gasteiger partial charge in [-0.2, -0.15) is 0 Å². The van der Waals surface area contributed by atoms with Gasteiger partial charge in [-0.15, -0.1) is 0 Å². The summed E-state index contributed by atoms with van der Waals surface area (Å²) in [5, 5.41) is 0.451. The zero-order valence-electron chi connectivity index (χ0n) is 8.24. The van der Waals surface area contributed by atoms with Crippen LogP contribution in [-0.2, 0) is 0 Å². The van der Waals surface area contributed by atoms with E-state index in [2.05, 4.69) is 11.9 Å². The maximum absolute atomic E-state index is 5.93. The predicted octanol–water partition coefficient (Wildman–Crippen LogP) is 2.03. The zero-order chi connectivity index (χ0) is 10.1. The Balaban J connectivity index is 2.15. The van der Waals surface area contributed by atoms with E-state index in [1.165, 1.54) is 0 Å². The molecule has 1 aromatic rings. The largest absolute Gasteiger partial charge is 0.448 e. The molecule has 1 aliphatic rings. The van der Waals surface area contributed by atoms with Crippen molar-refractivity contribution in [3.63, 3.8) is 0 Å². The maximum atomic E-state index is 5.93. The van der Waals surface area contributed by atoms with Crippen LogP contribution in [0.25, 0.3) is 0 Å². The van der Waals surface area contributed by atoms with E-state index >= 15 is 0 Å². The number of nitrogens with two attached hydrogens (primary N) is 1. The molecule has 0 spiro atoms. The third kappa shape index (κ3) is 1.95. The summed E-state index contributed by atoms with van der Waals surface area (Å²) in [4.78, 5) is 2.26. The van der Waals surface area contributed by atoms with Crippen molar-refractivity contribution in [1.29, 1.82) is 0 Å². The summed E-state index contributed by atoms with van der Waals surface area (Å²) >= 11 is 5.75. The van der Waals surface area contributed by atoms with Crippen molar-refractivity contribution in [2.75, 3.05) is 13.6 Å². The highest BCUT2D eigenvalue weighted by Crippen LogP contribution is 2.31. The van der Waals surface area contributed by atoms with E-state index in [1.807, 2.05) is 6.07 Å². The molecule has 0 saturated carbocycles. The molecule has 0 radical (unpaired) electrons. The summed E-state index contributed by atoms with van der Waals surface area (Å²) in [5.41, 5.74) is 5.93. The van der Waals surface area contributed by atoms with E-state index in [1.54, 1.807) is 6.07 Å². The minimum atomic E-state index is 0.278. The first-order valence-electron chi connectivity index (χ1n) is 4.88. The van der Waals surface area contributed by atoms with E-state index in [0.717, 1.165) is 25.1 Å². The molecule has 3 nitrogen and oxygen atoms in total. The Kier molecular flexibility index (Phi) is 2.81. The molecule has 4 heteroatoms. The van der Waals surface area contributed by atoms with Crippen LogP contribution < -0.4 is 5.73 Å². The summed E-state index contributed by atoms with van der Waals surface area (Å²) in [7, 11) is 2.09. The van der Waals surface area contributed by atoms with Gasteiger partial charge in [0.15, 0.2) is 5.22 Å². The molecule has 2 heterocycles. The molecule has 2 unspecified atom stereocenters. The smallest absolute Gasteiger partial charge is 0.193 e. The summed E-state index contributed by atoms with van der Waals surface area (Å²) in [6.45, 7) is 1.02. The second-order valence-electron chi connectivity index (χ2n) is 3.92. The summed E-state index contributed by atoms with van der Waals surface area (Å²) in [6, 6.07) is 4.28. The van der Waals surface area contributed by atoms with Crippen LogP contribution in [0.3, 0.4) is 0 Å². The Morgan fingerprint density at radius 1 is 1.57 bits per heavy atom. The van der Waals surface area contributed by atoms with E-state index < -0.39 is 0 Å². The van der Waals surface area contributed by atoms with Gasteiger partial charge in [-0.25, -0.2) is 0 Å². The van der Waals surface area contributed by atoms with E-state index in [9.17, 15) is 0 Å². The highest BCUT2D eigenvalue weighted by molar-refractivity contribution is 6.28. The quantitative estimate of drug-likeness (QED) is 0.778. The molecule has 2 rings (SSSR count). The number of nitrogens with zero attached hydrogens (tertiary/aromatic N) is 1. The summed E-state index contributed by atoms with van der Waals surface area (Å²) in [5.74, 6) is 0.924. The lowest BCUT2D eigenvalue weighted by Gasteiger charge is -2.34. The standard InChI is InChI=1S/C10H15ClN2O/c1-13-5-4-7(12)6-8(13)9-2-3-10(11)14-9/h2-3,7-8H,4-6,12H2,1H3. The lowest BCUT2D eigenvalue weighted by Crippen LogP contribution is -2.39. The fourth-order valence-corrected chi connectivity index (χ4v) is 2.10. The molecule has 2 atom stereocenters. The van der Waals surface area contributed by atoms with Crippen molar-refractivity contribution < 1.29 is 4.42 Å². The highest BCUT2D eigenvalue weighted by Gasteiger charge is 2.27. The first-order chi connectivity index (χ1) is 6.66. The predicted molar refractivity (Wildman–Crippen MR) is 56.3 cm³/mol. The van der Waals surface area contributed by atoms with Crippen molar-refractivity contribution in [3.05, 3.63) is 23.1 Å². The monoisotopic (exact) mass is 214 g/mol. The number of rotatable bonds is 1. The highest BCUT2D eigenvalue weighted by atomic mass is 35.5. The minimum absolute atomic E-state index is 0.278. The molecule has 1 saturated heterocycles. The fraction of sp³-hybridized carbons (Fsp3) is 0.600. The van der Waals surface area contributed by atoms with Crippen LogP contribution >= 0.6 is 11.6 Å². The maximum Gasteiger partial charge on any atom is 0.193 e. The normalized spacial score (nSPS) is 29.4. The molecule has 1 aromatic heterocycles. The third-order valence-corrected chi connectivity index (χ3v) is 3.04. The molecule has 0 amide bonds. The Morgan fingerprint density at radius 2 is 2.36 bits per heavy atom. The van der Waals surface area contributed by atoms with Crippen LogP contribution in [0.4, 0.5) is 0 Å². The van der Waals surface area contributed by atoms with Crippen molar-refractivity contribution in [2.45, 2.75) is 24.9 Å². The van der Waals surface area contributed by atoms with E-state index in [4.69, 9.17) is 21.8 Å². The van der Waals surface area contributed by atoms with Crippen LogP contribution in [0.5, 0.6) is 0 Å². The molecule has 2 N–H and O–H groups in total. The first-order valence-corrected chi connectivity index (χ1v) is 5.25. The first kappa shape index (κ1) is 10.0. The number of hydrogen-bond donors (Lipinski definition) is 1. The Bertz CT molecular complexity index is 313. The second kappa shape index (κ2) is 3.93. The lowest BCUT2D eigenvalue weighted by atomic mass is 9.97.